The second-order valence-electron chi connectivity index (χ2n) is 5.56. The molecule has 0 bridgehead atoms. The van der Waals surface area contributed by atoms with E-state index in [0.29, 0.717) is 11.1 Å². The number of carbonyl (C=O) groups excluding carboxylic acids is 2. The zero-order valence-electron chi connectivity index (χ0n) is 14.3. The van der Waals surface area contributed by atoms with Crippen molar-refractivity contribution in [2.75, 3.05) is 7.11 Å². The van der Waals surface area contributed by atoms with Crippen molar-refractivity contribution in [3.05, 3.63) is 53.6 Å². The second-order valence-corrected chi connectivity index (χ2v) is 5.56. The van der Waals surface area contributed by atoms with Crippen LogP contribution in [0.25, 0.3) is 6.08 Å². The lowest BCUT2D eigenvalue weighted by molar-refractivity contribution is -0.162. The van der Waals surface area contributed by atoms with E-state index in [-0.39, 0.29) is 29.4 Å². The number of rotatable bonds is 6. The van der Waals surface area contributed by atoms with E-state index in [9.17, 15) is 30.0 Å². The fourth-order valence-corrected chi connectivity index (χ4v) is 2.20. The summed E-state index contributed by atoms with van der Waals surface area (Å²) in [6, 6.07) is 7.93. The molecule has 0 fully saturated rings. The van der Waals surface area contributed by atoms with Gasteiger partial charge in [0.25, 0.3) is 0 Å². The normalized spacial score (nSPS) is 11.9. The first-order valence-corrected chi connectivity index (χ1v) is 7.79. The lowest BCUT2D eigenvalue weighted by atomic mass is 10.1. The van der Waals surface area contributed by atoms with Gasteiger partial charge in [-0.05, 0) is 41.5 Å². The minimum absolute atomic E-state index is 0.0694. The summed E-state index contributed by atoms with van der Waals surface area (Å²) in [5.74, 6) is -2.93. The van der Waals surface area contributed by atoms with Crippen molar-refractivity contribution in [1.82, 2.24) is 0 Å². The van der Waals surface area contributed by atoms with Crippen LogP contribution in [-0.2, 0) is 25.5 Å². The standard InChI is InChI=1S/C19H18O8/c1-26-19(25)17(10-12-3-6-14(21)16(23)9-12)27-18(24)7-4-11-2-5-13(20)15(22)8-11/h2-9,17,20-23H,10H2,1H3/b7-4-. The van der Waals surface area contributed by atoms with E-state index < -0.39 is 18.0 Å². The van der Waals surface area contributed by atoms with Crippen LogP contribution in [-0.4, -0.2) is 45.6 Å². The fraction of sp³-hybridized carbons (Fsp3) is 0.158. The van der Waals surface area contributed by atoms with Gasteiger partial charge < -0.3 is 29.9 Å². The minimum Gasteiger partial charge on any atom is -0.504 e. The zero-order valence-corrected chi connectivity index (χ0v) is 14.3. The minimum atomic E-state index is -1.26. The largest absolute Gasteiger partial charge is 0.504 e. The van der Waals surface area contributed by atoms with Gasteiger partial charge in [0.2, 0.25) is 6.10 Å². The average Bonchev–Trinajstić information content (AvgIpc) is 2.64. The van der Waals surface area contributed by atoms with Gasteiger partial charge in [-0.15, -0.1) is 0 Å². The highest BCUT2D eigenvalue weighted by Gasteiger charge is 2.24. The molecule has 0 saturated heterocycles. The lowest BCUT2D eigenvalue weighted by Gasteiger charge is -2.15. The molecule has 0 amide bonds. The van der Waals surface area contributed by atoms with Gasteiger partial charge in [0.1, 0.15) is 0 Å². The number of carbonyl (C=O) groups is 2. The predicted molar refractivity (Wildman–Crippen MR) is 94.2 cm³/mol. The Morgan fingerprint density at radius 3 is 2.19 bits per heavy atom. The van der Waals surface area contributed by atoms with Crippen LogP contribution >= 0.6 is 0 Å². The first-order valence-electron chi connectivity index (χ1n) is 7.79. The van der Waals surface area contributed by atoms with Crippen molar-refractivity contribution >= 4 is 18.0 Å². The summed E-state index contributed by atoms with van der Waals surface area (Å²) in [5, 5.41) is 37.5. The van der Waals surface area contributed by atoms with Gasteiger partial charge in [-0.2, -0.15) is 0 Å². The molecular weight excluding hydrogens is 356 g/mol. The van der Waals surface area contributed by atoms with Gasteiger partial charge >= 0.3 is 11.9 Å². The molecule has 0 aliphatic carbocycles. The number of hydrogen-bond acceptors (Lipinski definition) is 8. The fourth-order valence-electron chi connectivity index (χ4n) is 2.20. The molecule has 0 aliphatic heterocycles. The average molecular weight is 374 g/mol. The number of benzene rings is 2. The quantitative estimate of drug-likeness (QED) is 0.342. The monoisotopic (exact) mass is 374 g/mol. The number of aromatic hydroxyl groups is 4. The molecule has 1 atom stereocenters. The van der Waals surface area contributed by atoms with Crippen LogP contribution in [0.2, 0.25) is 0 Å². The van der Waals surface area contributed by atoms with Crippen molar-refractivity contribution < 1.29 is 39.5 Å². The Kier molecular flexibility index (Phi) is 6.27. The predicted octanol–water partition coefficient (Wildman–Crippen LogP) is 1.85. The highest BCUT2D eigenvalue weighted by molar-refractivity contribution is 5.89. The summed E-state index contributed by atoms with van der Waals surface area (Å²) in [6.07, 6.45) is 1.06. The number of methoxy groups -OCH3 is 1. The van der Waals surface area contributed by atoms with Crippen LogP contribution in [0.4, 0.5) is 0 Å². The summed E-state index contributed by atoms with van der Waals surface area (Å²) >= 11 is 0. The number of phenols is 4. The molecule has 8 nitrogen and oxygen atoms in total. The number of hydrogen-bond donors (Lipinski definition) is 4. The van der Waals surface area contributed by atoms with Crippen LogP contribution in [0.1, 0.15) is 11.1 Å². The smallest absolute Gasteiger partial charge is 0.347 e. The van der Waals surface area contributed by atoms with E-state index >= 15 is 0 Å². The molecule has 2 aromatic rings. The third-order valence-corrected chi connectivity index (χ3v) is 3.59. The van der Waals surface area contributed by atoms with Gasteiger partial charge in [0, 0.05) is 12.5 Å². The number of esters is 2. The van der Waals surface area contributed by atoms with Gasteiger partial charge in [0.05, 0.1) is 7.11 Å². The summed E-state index contributed by atoms with van der Waals surface area (Å²) < 4.78 is 9.71. The zero-order chi connectivity index (χ0) is 20.0. The van der Waals surface area contributed by atoms with Crippen molar-refractivity contribution in [2.24, 2.45) is 0 Å². The molecule has 27 heavy (non-hydrogen) atoms. The van der Waals surface area contributed by atoms with E-state index in [0.717, 1.165) is 13.2 Å². The molecule has 8 heteroatoms. The molecule has 4 N–H and O–H groups in total. The Morgan fingerprint density at radius 2 is 1.59 bits per heavy atom. The van der Waals surface area contributed by atoms with Crippen molar-refractivity contribution in [3.63, 3.8) is 0 Å². The molecule has 0 heterocycles. The first kappa shape index (κ1) is 19.6. The van der Waals surface area contributed by atoms with Crippen LogP contribution in [0, 0.1) is 0 Å². The van der Waals surface area contributed by atoms with Crippen molar-refractivity contribution in [2.45, 2.75) is 12.5 Å². The van der Waals surface area contributed by atoms with E-state index in [1.165, 1.54) is 42.5 Å². The maximum Gasteiger partial charge on any atom is 0.347 e. The molecule has 142 valence electrons. The van der Waals surface area contributed by atoms with E-state index in [2.05, 4.69) is 4.74 Å². The molecule has 1 unspecified atom stereocenters. The van der Waals surface area contributed by atoms with E-state index in [1.54, 1.807) is 0 Å². The Labute approximate surface area is 154 Å². The van der Waals surface area contributed by atoms with E-state index in [4.69, 9.17) is 4.74 Å². The SMILES string of the molecule is COC(=O)C(Cc1ccc(O)c(O)c1)OC(=O)/C=C\c1ccc(O)c(O)c1. The van der Waals surface area contributed by atoms with Gasteiger partial charge in [0.15, 0.2) is 23.0 Å². The van der Waals surface area contributed by atoms with Crippen LogP contribution in [0.3, 0.4) is 0 Å². The van der Waals surface area contributed by atoms with E-state index in [1.807, 2.05) is 0 Å². The van der Waals surface area contributed by atoms with Crippen LogP contribution in [0.15, 0.2) is 42.5 Å². The lowest BCUT2D eigenvalue weighted by Crippen LogP contribution is -2.30. The molecule has 0 aromatic heterocycles. The highest BCUT2D eigenvalue weighted by Crippen LogP contribution is 2.26. The first-order chi connectivity index (χ1) is 12.8. The molecule has 2 aromatic carbocycles. The second kappa shape index (κ2) is 8.61. The molecule has 0 saturated carbocycles. The summed E-state index contributed by atoms with van der Waals surface area (Å²) in [5.41, 5.74) is 0.876. The molecular formula is C19H18O8. The third-order valence-electron chi connectivity index (χ3n) is 3.59. The molecule has 0 aliphatic rings. The maximum atomic E-state index is 12.0. The van der Waals surface area contributed by atoms with Crippen molar-refractivity contribution in [1.29, 1.82) is 0 Å². The topological polar surface area (TPSA) is 134 Å². The number of ether oxygens (including phenoxy) is 2. The number of phenolic OH excluding ortho intramolecular Hbond substituents is 4. The maximum absolute atomic E-state index is 12.0. The molecule has 0 radical (unpaired) electrons. The highest BCUT2D eigenvalue weighted by atomic mass is 16.6. The van der Waals surface area contributed by atoms with Gasteiger partial charge in [-0.1, -0.05) is 12.1 Å². The van der Waals surface area contributed by atoms with Gasteiger partial charge in [-0.25, -0.2) is 9.59 Å². The van der Waals surface area contributed by atoms with Crippen LogP contribution < -0.4 is 0 Å². The Bertz CT molecular complexity index is 872. The van der Waals surface area contributed by atoms with Gasteiger partial charge in [-0.3, -0.25) is 0 Å². The molecule has 0 spiro atoms. The summed E-state index contributed by atoms with van der Waals surface area (Å²) in [4.78, 5) is 23.9. The Balaban J connectivity index is 2.09. The van der Waals surface area contributed by atoms with Crippen LogP contribution in [0.5, 0.6) is 23.0 Å². The molecule has 2 rings (SSSR count). The Hall–Kier alpha value is -3.68. The Morgan fingerprint density at radius 1 is 0.963 bits per heavy atom. The van der Waals surface area contributed by atoms with Crippen molar-refractivity contribution in [3.8, 4) is 23.0 Å². The summed E-state index contributed by atoms with van der Waals surface area (Å²) in [7, 11) is 1.15. The third kappa shape index (κ3) is 5.40. The summed E-state index contributed by atoms with van der Waals surface area (Å²) in [6.45, 7) is 0.